The highest BCUT2D eigenvalue weighted by Crippen LogP contribution is 2.42. The quantitative estimate of drug-likeness (QED) is 0.667. The van der Waals surface area contributed by atoms with E-state index in [1.54, 1.807) is 0 Å². The summed E-state index contributed by atoms with van der Waals surface area (Å²) in [5, 5.41) is 12.8. The smallest absolute Gasteiger partial charge is 0.317 e. The van der Waals surface area contributed by atoms with Gasteiger partial charge in [0.1, 0.15) is 18.0 Å². The number of nitrogens with zero attached hydrogens (tertiary/aromatic N) is 2. The fraction of sp³-hybridized carbons (Fsp3) is 0.529. The molecule has 29 heavy (non-hydrogen) atoms. The molecule has 1 aromatic carbocycles. The Balaban J connectivity index is 1.48. The Morgan fingerprint density at radius 1 is 1.38 bits per heavy atom. The zero-order valence-electron chi connectivity index (χ0n) is 15.2. The van der Waals surface area contributed by atoms with Gasteiger partial charge in [0.2, 0.25) is 17.1 Å². The van der Waals surface area contributed by atoms with E-state index in [4.69, 9.17) is 0 Å². The third-order valence-corrected chi connectivity index (χ3v) is 6.47. The van der Waals surface area contributed by atoms with E-state index < -0.39 is 40.6 Å². The number of phenolic OH excluding ortho intramolecular Hbond substituents is 1. The number of urea groups is 1. The number of hydrogen-bond acceptors (Lipinski definition) is 4. The van der Waals surface area contributed by atoms with Crippen molar-refractivity contribution >= 4 is 28.8 Å². The highest BCUT2D eigenvalue weighted by atomic mass is 32.2. The summed E-state index contributed by atoms with van der Waals surface area (Å²) in [4.78, 5) is 25.2. The lowest BCUT2D eigenvalue weighted by molar-refractivity contribution is -0.117. The van der Waals surface area contributed by atoms with Gasteiger partial charge in [0.25, 0.3) is 5.91 Å². The molecule has 1 aliphatic carbocycles. The van der Waals surface area contributed by atoms with Gasteiger partial charge in [-0.2, -0.15) is 0 Å². The number of fused-ring (bicyclic) bond motifs is 1. The summed E-state index contributed by atoms with van der Waals surface area (Å²) in [6.45, 7) is -0.0652. The van der Waals surface area contributed by atoms with Crippen LogP contribution >= 0.6 is 0 Å². The first-order valence-electron chi connectivity index (χ1n) is 9.07. The van der Waals surface area contributed by atoms with Gasteiger partial charge in [-0.1, -0.05) is 0 Å². The lowest BCUT2D eigenvalue weighted by Gasteiger charge is -2.36. The Labute approximate surface area is 166 Å². The van der Waals surface area contributed by atoms with Gasteiger partial charge < -0.3 is 15.3 Å². The van der Waals surface area contributed by atoms with Gasteiger partial charge in [0.15, 0.2) is 5.82 Å². The molecule has 158 valence electrons. The van der Waals surface area contributed by atoms with Gasteiger partial charge in [0, 0.05) is 31.5 Å². The van der Waals surface area contributed by atoms with Crippen LogP contribution in [0.15, 0.2) is 6.07 Å². The lowest BCUT2D eigenvalue weighted by Crippen LogP contribution is -2.47. The summed E-state index contributed by atoms with van der Waals surface area (Å²) in [6.07, 6.45) is -0.227. The maximum Gasteiger partial charge on any atom is 0.317 e. The van der Waals surface area contributed by atoms with Crippen molar-refractivity contribution in [3.63, 3.8) is 0 Å². The number of amides is 3. The van der Waals surface area contributed by atoms with Crippen LogP contribution in [0.2, 0.25) is 0 Å². The molecule has 1 atom stereocenters. The molecule has 1 saturated carbocycles. The molecule has 2 aliphatic heterocycles. The second-order valence-electron chi connectivity index (χ2n) is 7.49. The first kappa shape index (κ1) is 19.8. The molecule has 0 spiro atoms. The summed E-state index contributed by atoms with van der Waals surface area (Å²) in [6, 6.07) is 0.862. The molecule has 2 heterocycles. The molecule has 0 bridgehead atoms. The van der Waals surface area contributed by atoms with Gasteiger partial charge >= 0.3 is 6.03 Å². The van der Waals surface area contributed by atoms with Crippen molar-refractivity contribution < 1.29 is 32.1 Å². The van der Waals surface area contributed by atoms with Crippen LogP contribution in [0, 0.1) is 11.7 Å². The van der Waals surface area contributed by atoms with Crippen LogP contribution in [0.4, 0.5) is 23.7 Å². The van der Waals surface area contributed by atoms with E-state index in [-0.39, 0.29) is 62.6 Å². The van der Waals surface area contributed by atoms with E-state index in [1.807, 2.05) is 0 Å². The zero-order valence-corrected chi connectivity index (χ0v) is 16.0. The zero-order chi connectivity index (χ0) is 20.9. The standard InChI is InChI=1S/C17H19F3N4O4S/c18-14-11-7-23(16(27)21-6-9-4-17(19,20)5-9)2-1-10(11)3-12(25)15(14)24-8-13(26)22-29(24)28/h3,9,25H,1-2,4-8H2,(H,21,27)(H,22,26). The fourth-order valence-electron chi connectivity index (χ4n) is 3.86. The normalized spacial score (nSPS) is 23.4. The second-order valence-corrected chi connectivity index (χ2v) is 8.64. The number of carbonyl (C=O) groups is 2. The van der Waals surface area contributed by atoms with Gasteiger partial charge in [-0.15, -0.1) is 0 Å². The van der Waals surface area contributed by atoms with Crippen LogP contribution in [0.3, 0.4) is 0 Å². The molecule has 4 rings (SSSR count). The topological polar surface area (TPSA) is 102 Å². The molecule has 3 aliphatic rings. The van der Waals surface area contributed by atoms with Gasteiger partial charge in [-0.3, -0.25) is 13.8 Å². The molecular formula is C17H19F3N4O4S. The van der Waals surface area contributed by atoms with Crippen LogP contribution in [0.25, 0.3) is 0 Å². The molecule has 1 aromatic rings. The summed E-state index contributed by atoms with van der Waals surface area (Å²) in [5.41, 5.74) is 0.306. The van der Waals surface area contributed by atoms with Crippen molar-refractivity contribution in [3.8, 4) is 5.75 Å². The predicted molar refractivity (Wildman–Crippen MR) is 96.9 cm³/mol. The number of hydrogen-bond donors (Lipinski definition) is 3. The SMILES string of the molecule is O=C1CN(c2c(O)cc3c(c2F)CN(C(=O)NCC2CC(F)(F)C2)CC3)S(=O)N1. The molecule has 2 fully saturated rings. The third-order valence-electron chi connectivity index (χ3n) is 5.36. The number of anilines is 1. The first-order valence-corrected chi connectivity index (χ1v) is 10.2. The molecule has 0 radical (unpaired) electrons. The number of halogens is 3. The van der Waals surface area contributed by atoms with Crippen molar-refractivity contribution in [2.75, 3.05) is 23.9 Å². The minimum Gasteiger partial charge on any atom is -0.506 e. The number of alkyl halides is 2. The number of nitrogens with one attached hydrogen (secondary N) is 2. The van der Waals surface area contributed by atoms with E-state index in [1.165, 1.54) is 11.0 Å². The number of carbonyl (C=O) groups excluding carboxylic acids is 2. The van der Waals surface area contributed by atoms with Crippen molar-refractivity contribution in [2.45, 2.75) is 31.7 Å². The van der Waals surface area contributed by atoms with E-state index in [2.05, 4.69) is 10.0 Å². The van der Waals surface area contributed by atoms with Crippen molar-refractivity contribution in [3.05, 3.63) is 23.0 Å². The van der Waals surface area contributed by atoms with Crippen LogP contribution < -0.4 is 14.3 Å². The molecule has 8 nitrogen and oxygen atoms in total. The molecule has 3 N–H and O–H groups in total. The number of aromatic hydroxyl groups is 1. The Morgan fingerprint density at radius 2 is 2.10 bits per heavy atom. The third kappa shape index (κ3) is 3.72. The maximum atomic E-state index is 15.2. The monoisotopic (exact) mass is 432 g/mol. The average Bonchev–Trinajstić information content (AvgIpc) is 2.95. The number of rotatable bonds is 3. The summed E-state index contributed by atoms with van der Waals surface area (Å²) in [7, 11) is 0. The maximum absolute atomic E-state index is 15.2. The minimum atomic E-state index is -2.66. The van der Waals surface area contributed by atoms with Crippen molar-refractivity contribution in [2.24, 2.45) is 5.92 Å². The first-order chi connectivity index (χ1) is 13.6. The van der Waals surface area contributed by atoms with Crippen LogP contribution in [-0.4, -0.2) is 51.7 Å². The molecule has 12 heteroatoms. The van der Waals surface area contributed by atoms with Gasteiger partial charge in [-0.05, 0) is 24.0 Å². The summed E-state index contributed by atoms with van der Waals surface area (Å²) >= 11 is -2.01. The molecule has 3 amide bonds. The highest BCUT2D eigenvalue weighted by Gasteiger charge is 2.45. The van der Waals surface area contributed by atoms with Crippen LogP contribution in [-0.2, 0) is 28.9 Å². The van der Waals surface area contributed by atoms with E-state index in [0.29, 0.717) is 5.56 Å². The van der Waals surface area contributed by atoms with Crippen molar-refractivity contribution in [1.82, 2.24) is 14.9 Å². The van der Waals surface area contributed by atoms with E-state index in [9.17, 15) is 27.7 Å². The Kier molecular flexibility index (Phi) is 4.83. The van der Waals surface area contributed by atoms with Gasteiger partial charge in [-0.25, -0.2) is 22.2 Å². The van der Waals surface area contributed by atoms with E-state index in [0.717, 1.165) is 4.31 Å². The number of phenols is 1. The largest absolute Gasteiger partial charge is 0.506 e. The fourth-order valence-corrected chi connectivity index (χ4v) is 4.80. The Bertz CT molecular complexity index is 905. The summed E-state index contributed by atoms with van der Waals surface area (Å²) < 4.78 is 55.9. The minimum absolute atomic E-state index is 0.0943. The average molecular weight is 432 g/mol. The Morgan fingerprint density at radius 3 is 2.72 bits per heavy atom. The van der Waals surface area contributed by atoms with Crippen molar-refractivity contribution in [1.29, 1.82) is 0 Å². The Hall–Kier alpha value is -2.50. The molecule has 1 saturated heterocycles. The van der Waals surface area contributed by atoms with Gasteiger partial charge in [0.05, 0.1) is 6.54 Å². The van der Waals surface area contributed by atoms with Crippen LogP contribution in [0.1, 0.15) is 24.0 Å². The second kappa shape index (κ2) is 7.08. The molecular weight excluding hydrogens is 413 g/mol. The predicted octanol–water partition coefficient (Wildman–Crippen LogP) is 1.16. The summed E-state index contributed by atoms with van der Waals surface area (Å²) in [5.74, 6) is -4.78. The molecule has 0 aromatic heterocycles. The highest BCUT2D eigenvalue weighted by molar-refractivity contribution is 7.85. The number of benzene rings is 1. The molecule has 1 unspecified atom stereocenters. The lowest BCUT2D eigenvalue weighted by atomic mass is 9.81. The van der Waals surface area contributed by atoms with Crippen LogP contribution in [0.5, 0.6) is 5.75 Å². The van der Waals surface area contributed by atoms with E-state index >= 15 is 4.39 Å².